The number of carbonyl (C=O) groups excluding carboxylic acids is 2. The van der Waals surface area contributed by atoms with Gasteiger partial charge in [0.05, 0.1) is 11.8 Å². The maximum absolute atomic E-state index is 11.9. The molecule has 2 amide bonds. The van der Waals surface area contributed by atoms with Gasteiger partial charge in [-0.2, -0.15) is 0 Å². The van der Waals surface area contributed by atoms with E-state index in [1.54, 1.807) is 6.07 Å². The molecule has 1 aliphatic carbocycles. The molecule has 6 nitrogen and oxygen atoms in total. The molecule has 1 atom stereocenters. The van der Waals surface area contributed by atoms with Crippen molar-refractivity contribution in [1.82, 2.24) is 5.32 Å². The summed E-state index contributed by atoms with van der Waals surface area (Å²) >= 11 is 6.64. The Labute approximate surface area is 148 Å². The molecule has 4 N–H and O–H groups in total. The minimum Gasteiger partial charge on any atom is -0.459 e. The van der Waals surface area contributed by atoms with Gasteiger partial charge in [-0.3, -0.25) is 14.9 Å². The van der Waals surface area contributed by atoms with Crippen molar-refractivity contribution in [2.75, 3.05) is 5.32 Å². The zero-order valence-electron chi connectivity index (χ0n) is 13.0. The summed E-state index contributed by atoms with van der Waals surface area (Å²) in [6.45, 7) is 2.19. The molecule has 2 heterocycles. The van der Waals surface area contributed by atoms with Crippen LogP contribution >= 0.6 is 23.6 Å². The van der Waals surface area contributed by atoms with Crippen LogP contribution in [0.15, 0.2) is 22.8 Å². The number of primary amides is 1. The number of fused-ring (bicyclic) bond motifs is 1. The summed E-state index contributed by atoms with van der Waals surface area (Å²) in [7, 11) is 0. The van der Waals surface area contributed by atoms with Crippen molar-refractivity contribution < 1.29 is 14.0 Å². The summed E-state index contributed by atoms with van der Waals surface area (Å²) < 4.78 is 5.02. The summed E-state index contributed by atoms with van der Waals surface area (Å²) in [5.41, 5.74) is 7.04. The van der Waals surface area contributed by atoms with Gasteiger partial charge in [-0.25, -0.2) is 0 Å². The Balaban J connectivity index is 1.78. The normalized spacial score (nSPS) is 16.3. The second kappa shape index (κ2) is 6.74. The zero-order valence-corrected chi connectivity index (χ0v) is 14.7. The Morgan fingerprint density at radius 2 is 2.25 bits per heavy atom. The quantitative estimate of drug-likeness (QED) is 0.729. The summed E-state index contributed by atoms with van der Waals surface area (Å²) in [6, 6.07) is 3.16. The molecule has 2 aromatic heterocycles. The Morgan fingerprint density at radius 1 is 1.46 bits per heavy atom. The van der Waals surface area contributed by atoms with E-state index in [2.05, 4.69) is 17.6 Å². The topological polar surface area (TPSA) is 97.4 Å². The molecule has 3 rings (SSSR count). The lowest BCUT2D eigenvalue weighted by Gasteiger charge is -2.18. The number of nitrogens with two attached hydrogens (primary N) is 1. The highest BCUT2D eigenvalue weighted by molar-refractivity contribution is 7.80. The van der Waals surface area contributed by atoms with Crippen molar-refractivity contribution in [3.05, 3.63) is 40.2 Å². The van der Waals surface area contributed by atoms with Crippen molar-refractivity contribution in [1.29, 1.82) is 0 Å². The molecular formula is C16H17N3O3S2. The van der Waals surface area contributed by atoms with Gasteiger partial charge in [-0.05, 0) is 55.1 Å². The first-order valence-corrected chi connectivity index (χ1v) is 8.78. The largest absolute Gasteiger partial charge is 0.459 e. The van der Waals surface area contributed by atoms with Gasteiger partial charge in [0.1, 0.15) is 5.00 Å². The molecule has 0 bridgehead atoms. The first-order chi connectivity index (χ1) is 11.5. The Hall–Kier alpha value is -2.19. The van der Waals surface area contributed by atoms with Gasteiger partial charge in [0.15, 0.2) is 10.9 Å². The van der Waals surface area contributed by atoms with Crippen molar-refractivity contribution in [3.63, 3.8) is 0 Å². The maximum atomic E-state index is 11.9. The molecule has 0 spiro atoms. The van der Waals surface area contributed by atoms with Crippen LogP contribution < -0.4 is 16.4 Å². The molecule has 1 aliphatic rings. The maximum Gasteiger partial charge on any atom is 0.293 e. The Kier molecular flexibility index (Phi) is 4.68. The lowest BCUT2D eigenvalue weighted by atomic mass is 9.88. The molecule has 8 heteroatoms. The summed E-state index contributed by atoms with van der Waals surface area (Å²) in [6.07, 6.45) is 4.19. The number of amides is 2. The molecule has 126 valence electrons. The van der Waals surface area contributed by atoms with E-state index in [1.165, 1.54) is 23.7 Å². The highest BCUT2D eigenvalue weighted by Crippen LogP contribution is 2.39. The molecule has 0 saturated heterocycles. The summed E-state index contributed by atoms with van der Waals surface area (Å²) in [5.74, 6) is -0.193. The van der Waals surface area contributed by atoms with Crippen LogP contribution in [0.4, 0.5) is 5.00 Å². The van der Waals surface area contributed by atoms with E-state index >= 15 is 0 Å². The average molecular weight is 363 g/mol. The van der Waals surface area contributed by atoms with Crippen molar-refractivity contribution in [3.8, 4) is 0 Å². The van der Waals surface area contributed by atoms with Crippen LogP contribution in [-0.2, 0) is 12.8 Å². The van der Waals surface area contributed by atoms with E-state index in [-0.39, 0.29) is 10.9 Å². The SMILES string of the molecule is C[C@@H]1CCc2c(sc(NC(=S)NC(=O)c3ccco3)c2C(N)=O)C1. The van der Waals surface area contributed by atoms with Crippen LogP contribution in [-0.4, -0.2) is 16.9 Å². The minimum atomic E-state index is -0.482. The van der Waals surface area contributed by atoms with Gasteiger partial charge in [0, 0.05) is 4.88 Å². The van der Waals surface area contributed by atoms with Gasteiger partial charge in [0.25, 0.3) is 11.8 Å². The lowest BCUT2D eigenvalue weighted by molar-refractivity contribution is 0.0949. The summed E-state index contributed by atoms with van der Waals surface area (Å²) in [4.78, 5) is 25.0. The molecule has 2 aromatic rings. The van der Waals surface area contributed by atoms with Crippen molar-refractivity contribution in [2.24, 2.45) is 11.7 Å². The first kappa shape index (κ1) is 16.7. The minimum absolute atomic E-state index is 0.102. The van der Waals surface area contributed by atoms with E-state index in [4.69, 9.17) is 22.4 Å². The van der Waals surface area contributed by atoms with Crippen LogP contribution in [0.1, 0.15) is 44.7 Å². The smallest absolute Gasteiger partial charge is 0.293 e. The monoisotopic (exact) mass is 363 g/mol. The second-order valence-electron chi connectivity index (χ2n) is 5.81. The Morgan fingerprint density at radius 3 is 2.92 bits per heavy atom. The number of thiocarbonyl (C=S) groups is 1. The third kappa shape index (κ3) is 3.34. The number of rotatable bonds is 3. The van der Waals surface area contributed by atoms with Gasteiger partial charge in [-0.1, -0.05) is 6.92 Å². The number of hydrogen-bond acceptors (Lipinski definition) is 5. The second-order valence-corrected chi connectivity index (χ2v) is 7.32. The average Bonchev–Trinajstić information content (AvgIpc) is 3.13. The van der Waals surface area contributed by atoms with E-state index < -0.39 is 11.8 Å². The number of nitrogens with one attached hydrogen (secondary N) is 2. The number of anilines is 1. The van der Waals surface area contributed by atoms with Crippen LogP contribution in [0.5, 0.6) is 0 Å². The molecule has 24 heavy (non-hydrogen) atoms. The van der Waals surface area contributed by atoms with Gasteiger partial charge >= 0.3 is 0 Å². The van der Waals surface area contributed by atoms with Gasteiger partial charge in [0.2, 0.25) is 0 Å². The molecule has 0 saturated carbocycles. The van der Waals surface area contributed by atoms with E-state index in [0.717, 1.165) is 29.7 Å². The predicted octanol–water partition coefficient (Wildman–Crippen LogP) is 2.69. The van der Waals surface area contributed by atoms with Crippen molar-refractivity contribution in [2.45, 2.75) is 26.2 Å². The first-order valence-electron chi connectivity index (χ1n) is 7.56. The van der Waals surface area contributed by atoms with E-state index in [0.29, 0.717) is 16.5 Å². The highest BCUT2D eigenvalue weighted by Gasteiger charge is 2.27. The number of carbonyl (C=O) groups is 2. The fourth-order valence-electron chi connectivity index (χ4n) is 2.81. The van der Waals surface area contributed by atoms with Crippen molar-refractivity contribution >= 4 is 45.5 Å². The van der Waals surface area contributed by atoms with Crippen LogP contribution in [0, 0.1) is 5.92 Å². The van der Waals surface area contributed by atoms with Crippen LogP contribution in [0.3, 0.4) is 0 Å². The molecular weight excluding hydrogens is 346 g/mol. The fourth-order valence-corrected chi connectivity index (χ4v) is 4.49. The van der Waals surface area contributed by atoms with Crippen LogP contribution in [0.25, 0.3) is 0 Å². The molecule has 0 radical (unpaired) electrons. The van der Waals surface area contributed by atoms with Crippen LogP contribution in [0.2, 0.25) is 0 Å². The fraction of sp³-hybridized carbons (Fsp3) is 0.312. The molecule has 0 aromatic carbocycles. The summed E-state index contributed by atoms with van der Waals surface area (Å²) in [5, 5.41) is 6.15. The molecule has 0 aliphatic heterocycles. The van der Waals surface area contributed by atoms with Gasteiger partial charge in [-0.15, -0.1) is 11.3 Å². The standard InChI is InChI=1S/C16H17N3O3S2/c1-8-4-5-9-11(7-8)24-15(12(9)13(17)20)19-16(23)18-14(21)10-3-2-6-22-10/h2-3,6,8H,4-5,7H2,1H3,(H2,17,20)(H2,18,19,21,23)/t8-/m1/s1. The lowest BCUT2D eigenvalue weighted by Crippen LogP contribution is -2.34. The van der Waals surface area contributed by atoms with Gasteiger partial charge < -0.3 is 15.5 Å². The van der Waals surface area contributed by atoms with E-state index in [9.17, 15) is 9.59 Å². The Bertz CT molecular complexity index is 796. The highest BCUT2D eigenvalue weighted by atomic mass is 32.1. The predicted molar refractivity (Wildman–Crippen MR) is 96.4 cm³/mol. The third-order valence-electron chi connectivity index (χ3n) is 3.96. The molecule has 0 unspecified atom stereocenters. The van der Waals surface area contributed by atoms with E-state index in [1.807, 2.05) is 0 Å². The zero-order chi connectivity index (χ0) is 17.3. The third-order valence-corrected chi connectivity index (χ3v) is 5.33. The number of hydrogen-bond donors (Lipinski definition) is 3. The number of thiophene rings is 1. The molecule has 0 fully saturated rings. The number of furan rings is 1.